The Hall–Kier alpha value is -3.17. The van der Waals surface area contributed by atoms with Crippen LogP contribution in [0, 0.1) is 5.92 Å². The number of para-hydroxylation sites is 1. The minimum Gasteiger partial charge on any atom is -0.466 e. The van der Waals surface area contributed by atoms with Crippen LogP contribution in [0.3, 0.4) is 0 Å². The van der Waals surface area contributed by atoms with E-state index in [1.807, 2.05) is 31.2 Å². The summed E-state index contributed by atoms with van der Waals surface area (Å²) in [5.74, 6) is -0.193. The van der Waals surface area contributed by atoms with Gasteiger partial charge in [-0.2, -0.15) is 0 Å². The molecule has 0 aliphatic carbocycles. The maximum atomic E-state index is 13.5. The van der Waals surface area contributed by atoms with E-state index in [9.17, 15) is 13.2 Å². The van der Waals surface area contributed by atoms with Crippen molar-refractivity contribution in [3.05, 3.63) is 54.7 Å². The molecule has 0 atom stereocenters. The van der Waals surface area contributed by atoms with Gasteiger partial charge in [0.1, 0.15) is 0 Å². The zero-order chi connectivity index (χ0) is 25.1. The third-order valence-corrected chi connectivity index (χ3v) is 8.76. The Kier molecular flexibility index (Phi) is 7.11. The fourth-order valence-corrected chi connectivity index (χ4v) is 6.33. The molecule has 0 bridgehead atoms. The third kappa shape index (κ3) is 4.90. The zero-order valence-corrected chi connectivity index (χ0v) is 21.3. The SMILES string of the molecule is CCOC(=O)C1CCN(c2cccc3cc(S(=O)(=O)c4cccc(N5CCNCC5)c4)cnc23)CC1. The summed E-state index contributed by atoms with van der Waals surface area (Å²) in [5.41, 5.74) is 2.64. The highest BCUT2D eigenvalue weighted by Gasteiger charge is 2.27. The van der Waals surface area contributed by atoms with Crippen LogP contribution in [-0.4, -0.2) is 65.2 Å². The molecule has 36 heavy (non-hydrogen) atoms. The summed E-state index contributed by atoms with van der Waals surface area (Å²) in [6.45, 7) is 7.14. The number of nitrogens with one attached hydrogen (secondary N) is 1. The van der Waals surface area contributed by atoms with Crippen molar-refractivity contribution in [2.24, 2.45) is 5.92 Å². The van der Waals surface area contributed by atoms with Crippen molar-refractivity contribution >= 4 is 38.1 Å². The normalized spacial score (nSPS) is 17.4. The number of sulfone groups is 1. The van der Waals surface area contributed by atoms with E-state index in [0.29, 0.717) is 6.61 Å². The molecule has 2 aromatic carbocycles. The molecule has 2 saturated heterocycles. The fraction of sp³-hybridized carbons (Fsp3) is 0.407. The van der Waals surface area contributed by atoms with Gasteiger partial charge in [-0.3, -0.25) is 9.78 Å². The summed E-state index contributed by atoms with van der Waals surface area (Å²) in [6, 6.07) is 14.7. The number of ether oxygens (including phenoxy) is 1. The number of nitrogens with zero attached hydrogens (tertiary/aromatic N) is 3. The van der Waals surface area contributed by atoms with Crippen molar-refractivity contribution in [2.45, 2.75) is 29.6 Å². The van der Waals surface area contributed by atoms with E-state index in [4.69, 9.17) is 4.74 Å². The average molecular weight is 509 g/mol. The van der Waals surface area contributed by atoms with Gasteiger partial charge < -0.3 is 19.9 Å². The molecule has 0 radical (unpaired) electrons. The van der Waals surface area contributed by atoms with Crippen LogP contribution in [0.25, 0.3) is 10.9 Å². The van der Waals surface area contributed by atoms with Gasteiger partial charge in [0.2, 0.25) is 9.84 Å². The first-order valence-electron chi connectivity index (χ1n) is 12.6. The van der Waals surface area contributed by atoms with Gasteiger partial charge in [0.15, 0.2) is 0 Å². The number of hydrogen-bond acceptors (Lipinski definition) is 8. The minimum absolute atomic E-state index is 0.0714. The molecule has 8 nitrogen and oxygen atoms in total. The van der Waals surface area contributed by atoms with E-state index in [0.717, 1.165) is 74.4 Å². The molecular weight excluding hydrogens is 476 g/mol. The van der Waals surface area contributed by atoms with Crippen LogP contribution in [0.2, 0.25) is 0 Å². The molecule has 0 unspecified atom stereocenters. The van der Waals surface area contributed by atoms with Crippen LogP contribution < -0.4 is 15.1 Å². The van der Waals surface area contributed by atoms with Gasteiger partial charge in [-0.05, 0) is 50.1 Å². The second kappa shape index (κ2) is 10.4. The lowest BCUT2D eigenvalue weighted by Gasteiger charge is -2.33. The molecule has 2 aliphatic heterocycles. The molecule has 2 aliphatic rings. The Morgan fingerprint density at radius 3 is 2.50 bits per heavy atom. The fourth-order valence-electron chi connectivity index (χ4n) is 5.05. The molecule has 1 N–H and O–H groups in total. The number of rotatable bonds is 6. The van der Waals surface area contributed by atoms with Gasteiger partial charge in [0.25, 0.3) is 0 Å². The van der Waals surface area contributed by atoms with Gasteiger partial charge in [-0.25, -0.2) is 8.42 Å². The molecule has 9 heteroatoms. The number of benzene rings is 2. The van der Waals surface area contributed by atoms with Gasteiger partial charge in [-0.15, -0.1) is 0 Å². The smallest absolute Gasteiger partial charge is 0.309 e. The first kappa shape index (κ1) is 24.5. The van der Waals surface area contributed by atoms with Crippen LogP contribution in [-0.2, 0) is 19.4 Å². The largest absolute Gasteiger partial charge is 0.466 e. The Morgan fingerprint density at radius 1 is 1.00 bits per heavy atom. The number of carbonyl (C=O) groups is 1. The van der Waals surface area contributed by atoms with Crippen LogP contribution in [0.4, 0.5) is 11.4 Å². The molecule has 0 spiro atoms. The van der Waals surface area contributed by atoms with Crippen molar-refractivity contribution in [3.63, 3.8) is 0 Å². The Morgan fingerprint density at radius 2 is 1.75 bits per heavy atom. The lowest BCUT2D eigenvalue weighted by molar-refractivity contribution is -0.148. The standard InChI is InChI=1S/C27H32N4O4S/c1-2-35-27(32)20-9-13-31(14-10-20)25-8-3-5-21-17-24(19-29-26(21)25)36(33,34)23-7-4-6-22(18-23)30-15-11-28-12-16-30/h3-8,17-20,28H,2,9-16H2,1H3. The molecule has 0 saturated carbocycles. The van der Waals surface area contributed by atoms with E-state index in [-0.39, 0.29) is 21.7 Å². The number of aromatic nitrogens is 1. The lowest BCUT2D eigenvalue weighted by Crippen LogP contribution is -2.43. The summed E-state index contributed by atoms with van der Waals surface area (Å²) in [5, 5.41) is 4.10. The Labute approximate surface area is 212 Å². The number of piperidine rings is 1. The van der Waals surface area contributed by atoms with E-state index < -0.39 is 9.84 Å². The number of anilines is 2. The predicted molar refractivity (Wildman–Crippen MR) is 140 cm³/mol. The highest BCUT2D eigenvalue weighted by Crippen LogP contribution is 2.32. The van der Waals surface area contributed by atoms with Crippen LogP contribution in [0.1, 0.15) is 19.8 Å². The highest BCUT2D eigenvalue weighted by atomic mass is 32.2. The average Bonchev–Trinajstić information content (AvgIpc) is 2.93. The molecule has 1 aromatic heterocycles. The maximum Gasteiger partial charge on any atom is 0.309 e. The molecule has 190 valence electrons. The number of hydrogen-bond donors (Lipinski definition) is 1. The third-order valence-electron chi connectivity index (χ3n) is 7.04. The van der Waals surface area contributed by atoms with Gasteiger partial charge in [0.05, 0.1) is 33.5 Å². The quantitative estimate of drug-likeness (QED) is 0.508. The van der Waals surface area contributed by atoms with Crippen molar-refractivity contribution in [3.8, 4) is 0 Å². The summed E-state index contributed by atoms with van der Waals surface area (Å²) in [7, 11) is -3.72. The zero-order valence-electron chi connectivity index (χ0n) is 20.5. The van der Waals surface area contributed by atoms with Crippen molar-refractivity contribution in [1.29, 1.82) is 0 Å². The Bertz CT molecular complexity index is 1350. The number of piperazine rings is 1. The molecule has 2 fully saturated rings. The van der Waals surface area contributed by atoms with E-state index in [2.05, 4.69) is 20.1 Å². The molecule has 0 amide bonds. The Balaban J connectivity index is 1.39. The molecule has 3 aromatic rings. The topological polar surface area (TPSA) is 91.8 Å². The number of pyridine rings is 1. The summed E-state index contributed by atoms with van der Waals surface area (Å²) in [6.07, 6.45) is 2.92. The molecular formula is C27H32N4O4S. The van der Waals surface area contributed by atoms with E-state index >= 15 is 0 Å². The highest BCUT2D eigenvalue weighted by molar-refractivity contribution is 7.91. The lowest BCUT2D eigenvalue weighted by atomic mass is 9.96. The van der Waals surface area contributed by atoms with E-state index in [1.54, 1.807) is 24.3 Å². The van der Waals surface area contributed by atoms with Gasteiger partial charge in [0, 0.05) is 56.5 Å². The molecule has 5 rings (SSSR count). The van der Waals surface area contributed by atoms with Crippen molar-refractivity contribution in [1.82, 2.24) is 10.3 Å². The second-order valence-electron chi connectivity index (χ2n) is 9.27. The summed E-state index contributed by atoms with van der Waals surface area (Å²) < 4.78 is 32.2. The van der Waals surface area contributed by atoms with Crippen molar-refractivity contribution in [2.75, 3.05) is 55.7 Å². The minimum atomic E-state index is -3.72. The number of esters is 1. The van der Waals surface area contributed by atoms with Crippen molar-refractivity contribution < 1.29 is 17.9 Å². The van der Waals surface area contributed by atoms with E-state index in [1.165, 1.54) is 6.20 Å². The predicted octanol–water partition coefficient (Wildman–Crippen LogP) is 3.26. The van der Waals surface area contributed by atoms with Crippen LogP contribution >= 0.6 is 0 Å². The maximum absolute atomic E-state index is 13.5. The van der Waals surface area contributed by atoms with Gasteiger partial charge >= 0.3 is 5.97 Å². The number of fused-ring (bicyclic) bond motifs is 1. The monoisotopic (exact) mass is 508 g/mol. The summed E-state index contributed by atoms with van der Waals surface area (Å²) >= 11 is 0. The summed E-state index contributed by atoms with van der Waals surface area (Å²) in [4.78, 5) is 21.6. The second-order valence-corrected chi connectivity index (χ2v) is 11.2. The first-order valence-corrected chi connectivity index (χ1v) is 14.1. The van der Waals surface area contributed by atoms with Crippen LogP contribution in [0.15, 0.2) is 64.5 Å². The molecule has 3 heterocycles. The van der Waals surface area contributed by atoms with Gasteiger partial charge in [-0.1, -0.05) is 18.2 Å². The van der Waals surface area contributed by atoms with Crippen LogP contribution in [0.5, 0.6) is 0 Å². The first-order chi connectivity index (χ1) is 17.5. The number of carbonyl (C=O) groups excluding carboxylic acids is 1.